The summed E-state index contributed by atoms with van der Waals surface area (Å²) in [6.07, 6.45) is 0.123. The van der Waals surface area contributed by atoms with Gasteiger partial charge in [0.05, 0.1) is 6.61 Å². The number of hydrogen-bond donors (Lipinski definition) is 1. The molecule has 0 fully saturated rings. The van der Waals surface area contributed by atoms with E-state index in [1.54, 1.807) is 0 Å². The smallest absolute Gasteiger partial charge is 0.261 e. The molecule has 0 bridgehead atoms. The van der Waals surface area contributed by atoms with Crippen molar-refractivity contribution in [3.8, 4) is 11.5 Å². The molecule has 0 aliphatic carbocycles. The number of ether oxygens (including phenoxy) is 2. The predicted octanol–water partition coefficient (Wildman–Crippen LogP) is 3.87. The van der Waals surface area contributed by atoms with Crippen LogP contribution in [-0.4, -0.2) is 18.6 Å². The molecule has 1 atom stereocenters. The lowest BCUT2D eigenvalue weighted by Crippen LogP contribution is -2.37. The molecule has 0 aliphatic rings. The molecule has 0 saturated carbocycles. The Labute approximate surface area is 143 Å². The fraction of sp³-hybridized carbons (Fsp3) is 0.350. The lowest BCUT2D eigenvalue weighted by molar-refractivity contribution is -0.128. The molecule has 128 valence electrons. The van der Waals surface area contributed by atoms with Gasteiger partial charge < -0.3 is 14.8 Å². The van der Waals surface area contributed by atoms with Crippen molar-refractivity contribution in [1.29, 1.82) is 0 Å². The third-order valence-corrected chi connectivity index (χ3v) is 3.73. The molecule has 1 amide bonds. The third kappa shape index (κ3) is 5.01. The van der Waals surface area contributed by atoms with Crippen LogP contribution in [-0.2, 0) is 11.3 Å². The minimum Gasteiger partial charge on any atom is -0.494 e. The lowest BCUT2D eigenvalue weighted by atomic mass is 10.2. The Hall–Kier alpha value is -2.49. The average molecular weight is 327 g/mol. The molecule has 0 aromatic heterocycles. The van der Waals surface area contributed by atoms with Crippen molar-refractivity contribution in [3.63, 3.8) is 0 Å². The zero-order valence-electron chi connectivity index (χ0n) is 14.5. The first-order valence-electron chi connectivity index (χ1n) is 8.35. The van der Waals surface area contributed by atoms with Gasteiger partial charge in [0.2, 0.25) is 0 Å². The van der Waals surface area contributed by atoms with Crippen molar-refractivity contribution >= 4 is 5.91 Å². The minimum atomic E-state index is -0.492. The van der Waals surface area contributed by atoms with E-state index in [0.29, 0.717) is 19.6 Å². The largest absolute Gasteiger partial charge is 0.494 e. The first kappa shape index (κ1) is 17.9. The molecular weight excluding hydrogens is 302 g/mol. The summed E-state index contributed by atoms with van der Waals surface area (Å²) in [6, 6.07) is 15.4. The van der Waals surface area contributed by atoms with Crippen molar-refractivity contribution < 1.29 is 14.3 Å². The summed E-state index contributed by atoms with van der Waals surface area (Å²) >= 11 is 0. The van der Waals surface area contributed by atoms with E-state index >= 15 is 0 Å². The normalized spacial score (nSPS) is 11.6. The maximum Gasteiger partial charge on any atom is 0.261 e. The first-order chi connectivity index (χ1) is 11.6. The average Bonchev–Trinajstić information content (AvgIpc) is 2.60. The number of aryl methyl sites for hydroxylation is 1. The Kier molecular flexibility index (Phi) is 6.67. The van der Waals surface area contributed by atoms with Gasteiger partial charge in [-0.1, -0.05) is 37.3 Å². The van der Waals surface area contributed by atoms with Gasteiger partial charge in [0.15, 0.2) is 6.10 Å². The van der Waals surface area contributed by atoms with Crippen molar-refractivity contribution in [2.45, 2.75) is 39.8 Å². The van der Waals surface area contributed by atoms with Crippen molar-refractivity contribution in [3.05, 3.63) is 59.7 Å². The van der Waals surface area contributed by atoms with Gasteiger partial charge >= 0.3 is 0 Å². The Bertz CT molecular complexity index is 652. The number of amides is 1. The van der Waals surface area contributed by atoms with Crippen LogP contribution in [0.15, 0.2) is 48.5 Å². The maximum absolute atomic E-state index is 12.4. The van der Waals surface area contributed by atoms with Crippen LogP contribution in [0.1, 0.15) is 31.4 Å². The standard InChI is InChI=1S/C20H25NO3/c1-4-18(24-19-9-7-6-8-15(19)3)20(22)21-14-16-10-12-17(13-11-16)23-5-2/h6-13,18H,4-5,14H2,1-3H3,(H,21,22). The van der Waals surface area contributed by atoms with Crippen molar-refractivity contribution in [2.24, 2.45) is 0 Å². The summed E-state index contributed by atoms with van der Waals surface area (Å²) in [5.74, 6) is 1.48. The zero-order valence-corrected chi connectivity index (χ0v) is 14.5. The number of hydrogen-bond acceptors (Lipinski definition) is 3. The highest BCUT2D eigenvalue weighted by Gasteiger charge is 2.18. The Morgan fingerprint density at radius 3 is 2.42 bits per heavy atom. The predicted molar refractivity (Wildman–Crippen MR) is 95.3 cm³/mol. The van der Waals surface area contributed by atoms with E-state index in [0.717, 1.165) is 22.6 Å². The van der Waals surface area contributed by atoms with Crippen LogP contribution in [0.2, 0.25) is 0 Å². The van der Waals surface area contributed by atoms with Crippen LogP contribution < -0.4 is 14.8 Å². The van der Waals surface area contributed by atoms with Crippen molar-refractivity contribution in [1.82, 2.24) is 5.32 Å². The van der Waals surface area contributed by atoms with E-state index in [9.17, 15) is 4.79 Å². The van der Waals surface area contributed by atoms with Crippen LogP contribution >= 0.6 is 0 Å². The second-order valence-corrected chi connectivity index (χ2v) is 5.58. The molecule has 0 aliphatic heterocycles. The number of carbonyl (C=O) groups excluding carboxylic acids is 1. The van der Waals surface area contributed by atoms with E-state index in [1.165, 1.54) is 0 Å². The summed E-state index contributed by atoms with van der Waals surface area (Å²) in [6.45, 7) is 6.98. The SMILES string of the molecule is CCOc1ccc(CNC(=O)C(CC)Oc2ccccc2C)cc1. The number of para-hydroxylation sites is 1. The summed E-state index contributed by atoms with van der Waals surface area (Å²) < 4.78 is 11.3. The highest BCUT2D eigenvalue weighted by atomic mass is 16.5. The summed E-state index contributed by atoms with van der Waals surface area (Å²) in [7, 11) is 0. The number of rotatable bonds is 8. The number of nitrogens with one attached hydrogen (secondary N) is 1. The number of benzene rings is 2. The monoisotopic (exact) mass is 327 g/mol. The Morgan fingerprint density at radius 2 is 1.79 bits per heavy atom. The van der Waals surface area contributed by atoms with Gasteiger partial charge in [-0.25, -0.2) is 0 Å². The molecule has 0 radical (unpaired) electrons. The molecule has 1 N–H and O–H groups in total. The second kappa shape index (κ2) is 8.96. The molecule has 4 nitrogen and oxygen atoms in total. The van der Waals surface area contributed by atoms with Crippen molar-refractivity contribution in [2.75, 3.05) is 6.61 Å². The van der Waals surface area contributed by atoms with E-state index < -0.39 is 6.10 Å². The Morgan fingerprint density at radius 1 is 1.08 bits per heavy atom. The molecule has 2 rings (SSSR count). The van der Waals surface area contributed by atoms with Crippen LogP contribution in [0.25, 0.3) is 0 Å². The maximum atomic E-state index is 12.4. The first-order valence-corrected chi connectivity index (χ1v) is 8.35. The Balaban J connectivity index is 1.91. The molecule has 0 spiro atoms. The van der Waals surface area contributed by atoms with Gasteiger partial charge in [0.25, 0.3) is 5.91 Å². The molecular formula is C20H25NO3. The third-order valence-electron chi connectivity index (χ3n) is 3.73. The fourth-order valence-electron chi connectivity index (χ4n) is 2.34. The topological polar surface area (TPSA) is 47.6 Å². The summed E-state index contributed by atoms with van der Waals surface area (Å²) in [5.41, 5.74) is 2.05. The molecule has 4 heteroatoms. The van der Waals surface area contributed by atoms with Gasteiger partial charge in [-0.2, -0.15) is 0 Å². The summed E-state index contributed by atoms with van der Waals surface area (Å²) in [5, 5.41) is 2.94. The highest BCUT2D eigenvalue weighted by Crippen LogP contribution is 2.19. The highest BCUT2D eigenvalue weighted by molar-refractivity contribution is 5.81. The van der Waals surface area contributed by atoms with Crippen LogP contribution in [0.5, 0.6) is 11.5 Å². The number of carbonyl (C=O) groups is 1. The molecule has 0 heterocycles. The van der Waals surface area contributed by atoms with Gasteiger partial charge in [-0.15, -0.1) is 0 Å². The zero-order chi connectivity index (χ0) is 17.4. The second-order valence-electron chi connectivity index (χ2n) is 5.58. The van der Waals surface area contributed by atoms with Gasteiger partial charge in [0.1, 0.15) is 11.5 Å². The van der Waals surface area contributed by atoms with Crippen LogP contribution in [0.3, 0.4) is 0 Å². The minimum absolute atomic E-state index is 0.102. The van der Waals surface area contributed by atoms with E-state index in [1.807, 2.05) is 69.3 Å². The van der Waals surface area contributed by atoms with Gasteiger partial charge in [-0.3, -0.25) is 4.79 Å². The van der Waals surface area contributed by atoms with Crippen LogP contribution in [0.4, 0.5) is 0 Å². The molecule has 1 unspecified atom stereocenters. The van der Waals surface area contributed by atoms with E-state index in [4.69, 9.17) is 9.47 Å². The molecule has 2 aromatic rings. The molecule has 2 aromatic carbocycles. The van der Waals surface area contributed by atoms with Gasteiger partial charge in [0, 0.05) is 6.54 Å². The van der Waals surface area contributed by atoms with E-state index in [2.05, 4.69) is 5.32 Å². The molecule has 24 heavy (non-hydrogen) atoms. The lowest BCUT2D eigenvalue weighted by Gasteiger charge is -2.18. The van der Waals surface area contributed by atoms with E-state index in [-0.39, 0.29) is 5.91 Å². The van der Waals surface area contributed by atoms with Gasteiger partial charge in [-0.05, 0) is 49.6 Å². The quantitative estimate of drug-likeness (QED) is 0.801. The van der Waals surface area contributed by atoms with Crippen LogP contribution in [0, 0.1) is 6.92 Å². The summed E-state index contributed by atoms with van der Waals surface area (Å²) in [4.78, 5) is 12.4. The molecule has 0 saturated heterocycles. The fourth-order valence-corrected chi connectivity index (χ4v) is 2.34.